The number of hydrogen-bond acceptors (Lipinski definition) is 4. The first-order valence-corrected chi connectivity index (χ1v) is 11.5. The molecule has 2 aliphatic carbocycles. The fourth-order valence-corrected chi connectivity index (χ4v) is 4.60. The van der Waals surface area contributed by atoms with E-state index in [1.165, 1.54) is 11.1 Å². The summed E-state index contributed by atoms with van der Waals surface area (Å²) >= 11 is 0. The second kappa shape index (κ2) is 9.25. The van der Waals surface area contributed by atoms with Crippen LogP contribution < -0.4 is 10.6 Å². The number of fused-ring (bicyclic) bond motifs is 3. The lowest BCUT2D eigenvalue weighted by molar-refractivity contribution is -0.147. The van der Waals surface area contributed by atoms with Gasteiger partial charge >= 0.3 is 12.1 Å². The van der Waals surface area contributed by atoms with E-state index in [-0.39, 0.29) is 36.8 Å². The highest BCUT2D eigenvalue weighted by molar-refractivity contribution is 5.87. The first-order valence-electron chi connectivity index (χ1n) is 11.5. The van der Waals surface area contributed by atoms with Crippen LogP contribution in [-0.4, -0.2) is 41.3 Å². The van der Waals surface area contributed by atoms with Gasteiger partial charge in [-0.05, 0) is 61.3 Å². The van der Waals surface area contributed by atoms with Crippen LogP contribution in [0.3, 0.4) is 0 Å². The zero-order valence-corrected chi connectivity index (χ0v) is 19.0. The first kappa shape index (κ1) is 22.8. The number of rotatable bonds is 9. The van der Waals surface area contributed by atoms with Gasteiger partial charge in [-0.25, -0.2) is 9.59 Å². The molecule has 33 heavy (non-hydrogen) atoms. The van der Waals surface area contributed by atoms with Crippen LogP contribution in [-0.2, 0) is 14.3 Å². The summed E-state index contributed by atoms with van der Waals surface area (Å²) in [5.74, 6) is -1.37. The Bertz CT molecular complexity index is 1020. The number of carboxylic acid groups (broad SMARTS) is 1. The van der Waals surface area contributed by atoms with Crippen molar-refractivity contribution < 1.29 is 24.2 Å². The smallest absolute Gasteiger partial charge is 0.407 e. The summed E-state index contributed by atoms with van der Waals surface area (Å²) < 4.78 is 5.54. The molecular formula is C26H30N2O5. The molecule has 0 saturated heterocycles. The molecule has 1 saturated carbocycles. The molecule has 0 bridgehead atoms. The van der Waals surface area contributed by atoms with Crippen LogP contribution in [0.4, 0.5) is 4.79 Å². The maximum absolute atomic E-state index is 12.4. The lowest BCUT2D eigenvalue weighted by Crippen LogP contribution is -2.54. The minimum Gasteiger partial charge on any atom is -0.480 e. The molecule has 0 heterocycles. The fraction of sp³-hybridized carbons (Fsp3) is 0.423. The number of amides is 2. The molecule has 2 amide bonds. The van der Waals surface area contributed by atoms with Crippen molar-refractivity contribution in [2.45, 2.75) is 57.0 Å². The van der Waals surface area contributed by atoms with Crippen molar-refractivity contribution in [1.29, 1.82) is 0 Å². The summed E-state index contributed by atoms with van der Waals surface area (Å²) in [6.45, 7) is 3.58. The second-order valence-corrected chi connectivity index (χ2v) is 9.24. The van der Waals surface area contributed by atoms with Crippen molar-refractivity contribution in [2.24, 2.45) is 5.92 Å². The van der Waals surface area contributed by atoms with Crippen LogP contribution in [0.2, 0.25) is 0 Å². The number of carbonyl (C=O) groups excluding carboxylic acids is 2. The van der Waals surface area contributed by atoms with E-state index in [4.69, 9.17) is 4.74 Å². The molecule has 4 rings (SSSR count). The van der Waals surface area contributed by atoms with Gasteiger partial charge < -0.3 is 20.5 Å². The number of carbonyl (C=O) groups is 3. The van der Waals surface area contributed by atoms with Gasteiger partial charge in [0.05, 0.1) is 0 Å². The number of ether oxygens (including phenoxy) is 1. The van der Waals surface area contributed by atoms with Gasteiger partial charge in [-0.3, -0.25) is 4.79 Å². The standard InChI is InChI=1S/C26H30N2O5/c1-16(11-14-23(29)28-26(2,24(30)31)17-12-13-17)27-25(32)33-15-22-20-9-5-3-7-18(20)19-8-4-6-10-21(19)22/h3-10,16-17,22H,11-15H2,1-2H3,(H,27,32)(H,28,29)(H,30,31). The minimum absolute atomic E-state index is 0.0136. The number of alkyl carbamates (subject to hydrolysis) is 1. The average Bonchev–Trinajstić information content (AvgIpc) is 3.60. The van der Waals surface area contributed by atoms with Gasteiger partial charge in [-0.1, -0.05) is 48.5 Å². The fourth-order valence-electron chi connectivity index (χ4n) is 4.60. The van der Waals surface area contributed by atoms with Crippen molar-refractivity contribution in [3.8, 4) is 11.1 Å². The average molecular weight is 451 g/mol. The Morgan fingerprint density at radius 3 is 2.18 bits per heavy atom. The molecular weight excluding hydrogens is 420 g/mol. The summed E-state index contributed by atoms with van der Waals surface area (Å²) in [4.78, 5) is 36.3. The molecule has 3 N–H and O–H groups in total. The van der Waals surface area contributed by atoms with Crippen molar-refractivity contribution >= 4 is 18.0 Å². The van der Waals surface area contributed by atoms with Crippen LogP contribution in [0.15, 0.2) is 48.5 Å². The molecule has 7 nitrogen and oxygen atoms in total. The van der Waals surface area contributed by atoms with Crippen molar-refractivity contribution in [1.82, 2.24) is 10.6 Å². The van der Waals surface area contributed by atoms with E-state index in [0.717, 1.165) is 24.0 Å². The first-order chi connectivity index (χ1) is 15.8. The Hall–Kier alpha value is -3.35. The third-order valence-electron chi connectivity index (χ3n) is 6.75. The Labute approximate surface area is 193 Å². The SMILES string of the molecule is CC(CCC(=O)NC(C)(C(=O)O)C1CC1)NC(=O)OCC1c2ccccc2-c2ccccc21. The molecule has 0 spiro atoms. The Morgan fingerprint density at radius 1 is 1.06 bits per heavy atom. The van der Waals surface area contributed by atoms with Crippen molar-refractivity contribution in [3.63, 3.8) is 0 Å². The van der Waals surface area contributed by atoms with Crippen LogP contribution in [0.5, 0.6) is 0 Å². The number of nitrogens with one attached hydrogen (secondary N) is 2. The highest BCUT2D eigenvalue weighted by Gasteiger charge is 2.48. The summed E-state index contributed by atoms with van der Waals surface area (Å²) in [7, 11) is 0. The second-order valence-electron chi connectivity index (χ2n) is 9.24. The van der Waals surface area contributed by atoms with Gasteiger partial charge in [0.1, 0.15) is 12.1 Å². The van der Waals surface area contributed by atoms with E-state index < -0.39 is 17.6 Å². The molecule has 174 valence electrons. The monoisotopic (exact) mass is 450 g/mol. The number of carboxylic acids is 1. The molecule has 0 radical (unpaired) electrons. The van der Waals surface area contributed by atoms with Crippen LogP contribution >= 0.6 is 0 Å². The van der Waals surface area contributed by atoms with Gasteiger partial charge in [-0.15, -0.1) is 0 Å². The Morgan fingerprint density at radius 2 is 1.64 bits per heavy atom. The van der Waals surface area contributed by atoms with Gasteiger partial charge in [-0.2, -0.15) is 0 Å². The molecule has 0 aliphatic heterocycles. The normalized spacial score (nSPS) is 17.3. The molecule has 7 heteroatoms. The third kappa shape index (κ3) is 4.87. The minimum atomic E-state index is -1.22. The topological polar surface area (TPSA) is 105 Å². The van der Waals surface area contributed by atoms with E-state index in [9.17, 15) is 19.5 Å². The summed E-state index contributed by atoms with van der Waals surface area (Å²) in [6, 6.07) is 16.0. The third-order valence-corrected chi connectivity index (χ3v) is 6.75. The predicted molar refractivity (Wildman–Crippen MR) is 124 cm³/mol. The lowest BCUT2D eigenvalue weighted by Gasteiger charge is -2.26. The van der Waals surface area contributed by atoms with Crippen LogP contribution in [0.1, 0.15) is 56.6 Å². The zero-order chi connectivity index (χ0) is 23.6. The molecule has 2 aromatic carbocycles. The van der Waals surface area contributed by atoms with Crippen LogP contribution in [0.25, 0.3) is 11.1 Å². The molecule has 2 atom stereocenters. The Kier molecular flexibility index (Phi) is 6.40. The summed E-state index contributed by atoms with van der Waals surface area (Å²) in [5, 5.41) is 14.9. The number of benzene rings is 2. The zero-order valence-electron chi connectivity index (χ0n) is 19.0. The maximum Gasteiger partial charge on any atom is 0.407 e. The summed E-state index contributed by atoms with van der Waals surface area (Å²) in [5.41, 5.74) is 3.41. The molecule has 2 aliphatic rings. The van der Waals surface area contributed by atoms with E-state index in [1.54, 1.807) is 13.8 Å². The number of aliphatic carboxylic acids is 1. The van der Waals surface area contributed by atoms with E-state index in [2.05, 4.69) is 34.9 Å². The van der Waals surface area contributed by atoms with Gasteiger partial charge in [0, 0.05) is 18.4 Å². The summed E-state index contributed by atoms with van der Waals surface area (Å²) in [6.07, 6.45) is 1.60. The Balaban J connectivity index is 1.26. The van der Waals surface area contributed by atoms with E-state index in [0.29, 0.717) is 6.42 Å². The molecule has 2 unspecified atom stereocenters. The highest BCUT2D eigenvalue weighted by Crippen LogP contribution is 2.44. The number of hydrogen-bond donors (Lipinski definition) is 3. The predicted octanol–water partition coefficient (Wildman–Crippen LogP) is 4.06. The molecule has 0 aromatic heterocycles. The molecule has 1 fully saturated rings. The lowest BCUT2D eigenvalue weighted by atomic mass is 9.95. The quantitative estimate of drug-likeness (QED) is 0.534. The van der Waals surface area contributed by atoms with Crippen molar-refractivity contribution in [3.05, 3.63) is 59.7 Å². The van der Waals surface area contributed by atoms with Crippen molar-refractivity contribution in [2.75, 3.05) is 6.61 Å². The van der Waals surface area contributed by atoms with E-state index >= 15 is 0 Å². The molecule has 2 aromatic rings. The van der Waals surface area contributed by atoms with Crippen LogP contribution in [0, 0.1) is 5.92 Å². The van der Waals surface area contributed by atoms with Gasteiger partial charge in [0.15, 0.2) is 0 Å². The van der Waals surface area contributed by atoms with Gasteiger partial charge in [0.2, 0.25) is 5.91 Å². The maximum atomic E-state index is 12.4. The van der Waals surface area contributed by atoms with E-state index in [1.807, 2.05) is 24.3 Å². The highest BCUT2D eigenvalue weighted by atomic mass is 16.5. The largest absolute Gasteiger partial charge is 0.480 e. The van der Waals surface area contributed by atoms with Gasteiger partial charge in [0.25, 0.3) is 0 Å².